The third-order valence-corrected chi connectivity index (χ3v) is 4.00. The van der Waals surface area contributed by atoms with Crippen molar-refractivity contribution < 1.29 is 13.9 Å². The molecule has 1 aliphatic heterocycles. The van der Waals surface area contributed by atoms with Gasteiger partial charge in [0.25, 0.3) is 0 Å². The second-order valence-corrected chi connectivity index (χ2v) is 5.36. The van der Waals surface area contributed by atoms with Crippen LogP contribution in [-0.2, 0) is 9.53 Å². The van der Waals surface area contributed by atoms with Gasteiger partial charge in [-0.1, -0.05) is 0 Å². The number of carbonyl (C=O) groups excluding carboxylic acids is 1. The van der Waals surface area contributed by atoms with E-state index >= 15 is 0 Å². The second kappa shape index (κ2) is 7.38. The normalized spacial score (nSPS) is 14.6. The number of hydrogen-bond donors (Lipinski definition) is 1. The lowest BCUT2D eigenvalue weighted by molar-refractivity contribution is -0.134. The molecule has 0 aromatic heterocycles. The fourth-order valence-electron chi connectivity index (χ4n) is 2.05. The van der Waals surface area contributed by atoms with Gasteiger partial charge in [-0.2, -0.15) is 5.26 Å². The fraction of sp³-hybridized carbons (Fsp3) is 0.429. The topological polar surface area (TPSA) is 65.4 Å². The van der Waals surface area contributed by atoms with Crippen LogP contribution in [0.2, 0.25) is 0 Å². The predicted octanol–water partition coefficient (Wildman–Crippen LogP) is 2.12. The third kappa shape index (κ3) is 3.93. The van der Waals surface area contributed by atoms with Crippen molar-refractivity contribution in [2.75, 3.05) is 38.2 Å². The molecule has 0 radical (unpaired) electrons. The largest absolute Gasteiger partial charge is 0.382 e. The zero-order valence-electron chi connectivity index (χ0n) is 11.4. The van der Waals surface area contributed by atoms with E-state index in [1.165, 1.54) is 12.1 Å². The van der Waals surface area contributed by atoms with E-state index in [1.807, 2.05) is 6.07 Å². The maximum absolute atomic E-state index is 14.0. The van der Waals surface area contributed by atoms with Gasteiger partial charge in [-0.25, -0.2) is 4.39 Å². The van der Waals surface area contributed by atoms with Crippen LogP contribution >= 0.6 is 15.9 Å². The summed E-state index contributed by atoms with van der Waals surface area (Å²) in [4.78, 5) is 13.7. The Bertz CT molecular complexity index is 568. The number of carbonyl (C=O) groups is 1. The maximum Gasteiger partial charge on any atom is 0.224 e. The molecule has 0 spiro atoms. The van der Waals surface area contributed by atoms with Crippen molar-refractivity contribution in [2.24, 2.45) is 0 Å². The number of halogens is 2. The molecule has 0 saturated carbocycles. The van der Waals surface area contributed by atoms with Crippen LogP contribution in [0.15, 0.2) is 16.6 Å². The van der Waals surface area contributed by atoms with E-state index < -0.39 is 5.82 Å². The van der Waals surface area contributed by atoms with Gasteiger partial charge in [-0.15, -0.1) is 0 Å². The lowest BCUT2D eigenvalue weighted by Gasteiger charge is -2.26. The molecule has 0 aliphatic carbocycles. The summed E-state index contributed by atoms with van der Waals surface area (Å²) in [5.41, 5.74) is 0.512. The summed E-state index contributed by atoms with van der Waals surface area (Å²) in [6.07, 6.45) is 0.289. The minimum Gasteiger partial charge on any atom is -0.382 e. The number of nitrogens with zero attached hydrogens (tertiary/aromatic N) is 2. The summed E-state index contributed by atoms with van der Waals surface area (Å²) < 4.78 is 19.3. The smallest absolute Gasteiger partial charge is 0.224 e. The number of benzene rings is 1. The minimum absolute atomic E-state index is 0.0268. The Balaban J connectivity index is 1.87. The Morgan fingerprint density at radius 2 is 2.19 bits per heavy atom. The van der Waals surface area contributed by atoms with Crippen molar-refractivity contribution in [3.63, 3.8) is 0 Å². The highest BCUT2D eigenvalue weighted by Gasteiger charge is 2.16. The van der Waals surface area contributed by atoms with Crippen molar-refractivity contribution in [3.05, 3.63) is 28.0 Å². The molecule has 0 unspecified atom stereocenters. The van der Waals surface area contributed by atoms with Crippen LogP contribution in [0.25, 0.3) is 0 Å². The van der Waals surface area contributed by atoms with Crippen molar-refractivity contribution in [3.8, 4) is 6.07 Å². The number of nitrogens with one attached hydrogen (secondary N) is 1. The van der Waals surface area contributed by atoms with Gasteiger partial charge in [0.05, 0.1) is 28.9 Å². The van der Waals surface area contributed by atoms with Crippen LogP contribution in [0.5, 0.6) is 0 Å². The second-order valence-electron chi connectivity index (χ2n) is 4.57. The highest BCUT2D eigenvalue weighted by Crippen LogP contribution is 2.26. The number of morpholine rings is 1. The van der Waals surface area contributed by atoms with Gasteiger partial charge in [-0.3, -0.25) is 4.79 Å². The molecule has 7 heteroatoms. The van der Waals surface area contributed by atoms with Crippen LogP contribution in [0.3, 0.4) is 0 Å². The van der Waals surface area contributed by atoms with Crippen LogP contribution in [0, 0.1) is 17.1 Å². The molecule has 2 rings (SSSR count). The Morgan fingerprint density at radius 3 is 2.86 bits per heavy atom. The number of nitriles is 1. The van der Waals surface area contributed by atoms with Crippen LogP contribution < -0.4 is 5.32 Å². The molecule has 1 aliphatic rings. The highest BCUT2D eigenvalue weighted by atomic mass is 79.9. The standard InChI is InChI=1S/C14H15BrFN3O2/c15-13-10(9-17)1-2-11(14(13)16)18-4-3-12(20)19-5-7-21-8-6-19/h1-2,18H,3-8H2. The van der Waals surface area contributed by atoms with Crippen LogP contribution in [0.1, 0.15) is 12.0 Å². The maximum atomic E-state index is 14.0. The first-order valence-electron chi connectivity index (χ1n) is 6.61. The van der Waals surface area contributed by atoms with Crippen LogP contribution in [-0.4, -0.2) is 43.7 Å². The van der Waals surface area contributed by atoms with E-state index in [0.29, 0.717) is 32.8 Å². The lowest BCUT2D eigenvalue weighted by Crippen LogP contribution is -2.41. The molecule has 0 atom stereocenters. The van der Waals surface area contributed by atoms with Gasteiger partial charge in [-0.05, 0) is 28.1 Å². The molecule has 1 N–H and O–H groups in total. The SMILES string of the molecule is N#Cc1ccc(NCCC(=O)N2CCOCC2)c(F)c1Br. The van der Waals surface area contributed by atoms with E-state index in [1.54, 1.807) is 4.90 Å². The summed E-state index contributed by atoms with van der Waals surface area (Å²) in [6.45, 7) is 2.68. The summed E-state index contributed by atoms with van der Waals surface area (Å²) in [7, 11) is 0. The molecular weight excluding hydrogens is 341 g/mol. The van der Waals surface area contributed by atoms with E-state index in [-0.39, 0.29) is 28.1 Å². The number of ether oxygens (including phenoxy) is 1. The van der Waals surface area contributed by atoms with Gasteiger partial charge in [0.15, 0.2) is 5.82 Å². The van der Waals surface area contributed by atoms with Gasteiger partial charge < -0.3 is 15.0 Å². The van der Waals surface area contributed by atoms with Crippen molar-refractivity contribution in [2.45, 2.75) is 6.42 Å². The third-order valence-electron chi connectivity index (χ3n) is 3.22. The van der Waals surface area contributed by atoms with Crippen molar-refractivity contribution >= 4 is 27.5 Å². The average molecular weight is 356 g/mol. The Kier molecular flexibility index (Phi) is 5.53. The first-order valence-corrected chi connectivity index (χ1v) is 7.40. The van der Waals surface area contributed by atoms with E-state index in [9.17, 15) is 9.18 Å². The fourth-order valence-corrected chi connectivity index (χ4v) is 2.48. The Morgan fingerprint density at radius 1 is 1.48 bits per heavy atom. The molecule has 112 valence electrons. The summed E-state index contributed by atoms with van der Waals surface area (Å²) in [5.74, 6) is -0.494. The highest BCUT2D eigenvalue weighted by molar-refractivity contribution is 9.10. The molecule has 5 nitrogen and oxygen atoms in total. The number of amides is 1. The van der Waals surface area contributed by atoms with Gasteiger partial charge in [0.1, 0.15) is 6.07 Å². The first-order chi connectivity index (χ1) is 10.1. The molecule has 0 bridgehead atoms. The average Bonchev–Trinajstić information content (AvgIpc) is 2.52. The zero-order chi connectivity index (χ0) is 15.2. The van der Waals surface area contributed by atoms with Crippen molar-refractivity contribution in [1.82, 2.24) is 4.90 Å². The van der Waals surface area contributed by atoms with Gasteiger partial charge in [0.2, 0.25) is 5.91 Å². The number of anilines is 1. The van der Waals surface area contributed by atoms with Gasteiger partial charge in [0, 0.05) is 26.1 Å². The minimum atomic E-state index is -0.520. The number of hydrogen-bond acceptors (Lipinski definition) is 4. The molecule has 1 amide bonds. The summed E-state index contributed by atoms with van der Waals surface area (Å²) >= 11 is 3.05. The predicted molar refractivity (Wildman–Crippen MR) is 79.3 cm³/mol. The molecule has 1 fully saturated rings. The van der Waals surface area contributed by atoms with Crippen LogP contribution in [0.4, 0.5) is 10.1 Å². The van der Waals surface area contributed by atoms with E-state index in [0.717, 1.165) is 0 Å². The quantitative estimate of drug-likeness (QED) is 0.898. The molecule has 1 heterocycles. The van der Waals surface area contributed by atoms with E-state index in [4.69, 9.17) is 10.00 Å². The monoisotopic (exact) mass is 355 g/mol. The summed E-state index contributed by atoms with van der Waals surface area (Å²) in [6, 6.07) is 4.92. The molecule has 1 saturated heterocycles. The summed E-state index contributed by atoms with van der Waals surface area (Å²) in [5, 5.41) is 11.7. The Labute approximate surface area is 130 Å². The molecule has 1 aromatic rings. The van der Waals surface area contributed by atoms with Gasteiger partial charge >= 0.3 is 0 Å². The molecular formula is C14H15BrFN3O2. The lowest BCUT2D eigenvalue weighted by atomic mass is 10.2. The first kappa shape index (κ1) is 15.7. The molecule has 21 heavy (non-hydrogen) atoms. The Hall–Kier alpha value is -1.65. The van der Waals surface area contributed by atoms with Crippen molar-refractivity contribution in [1.29, 1.82) is 5.26 Å². The number of rotatable bonds is 4. The van der Waals surface area contributed by atoms with E-state index in [2.05, 4.69) is 21.2 Å². The zero-order valence-corrected chi connectivity index (χ0v) is 13.0. The molecule has 1 aromatic carbocycles.